The third kappa shape index (κ3) is 3.95. The predicted molar refractivity (Wildman–Crippen MR) is 65.0 cm³/mol. The fourth-order valence-electron chi connectivity index (χ4n) is 1.69. The summed E-state index contributed by atoms with van der Waals surface area (Å²) in [5.74, 6) is -0.735. The summed E-state index contributed by atoms with van der Waals surface area (Å²) in [4.78, 5) is 24.8. The van der Waals surface area contributed by atoms with E-state index < -0.39 is 5.97 Å². The van der Waals surface area contributed by atoms with Gasteiger partial charge in [0.25, 0.3) is 5.91 Å². The van der Waals surface area contributed by atoms with Gasteiger partial charge < -0.3 is 20.1 Å². The zero-order valence-electron chi connectivity index (χ0n) is 10.4. The number of carbonyl (C=O) groups is 2. The van der Waals surface area contributed by atoms with Gasteiger partial charge in [0.1, 0.15) is 6.54 Å². The first-order chi connectivity index (χ1) is 9.15. The molecule has 104 valence electrons. The lowest BCUT2D eigenvalue weighted by Gasteiger charge is -2.26. The van der Waals surface area contributed by atoms with E-state index in [1.807, 2.05) is 0 Å². The van der Waals surface area contributed by atoms with Gasteiger partial charge in [0.15, 0.2) is 6.61 Å². The first-order valence-corrected chi connectivity index (χ1v) is 5.94. The van der Waals surface area contributed by atoms with Crippen molar-refractivity contribution in [2.45, 2.75) is 6.54 Å². The number of morpholine rings is 1. The molecule has 1 fully saturated rings. The molecule has 2 rings (SSSR count). The molecular weight excluding hydrogens is 252 g/mol. The fraction of sp³-hybridized carbons (Fsp3) is 0.545. The molecule has 0 spiro atoms. The molecule has 0 aromatic carbocycles. The summed E-state index contributed by atoms with van der Waals surface area (Å²) in [7, 11) is 0. The summed E-state index contributed by atoms with van der Waals surface area (Å²) in [6.45, 7) is 1.79. The molecule has 1 amide bonds. The van der Waals surface area contributed by atoms with Gasteiger partial charge in [-0.2, -0.15) is 5.10 Å². The van der Waals surface area contributed by atoms with E-state index in [1.165, 1.54) is 17.1 Å². The first-order valence-electron chi connectivity index (χ1n) is 5.94. The third-order valence-electron chi connectivity index (χ3n) is 2.66. The zero-order chi connectivity index (χ0) is 13.7. The molecule has 0 aliphatic carbocycles. The quantitative estimate of drug-likeness (QED) is 0.693. The average molecular weight is 268 g/mol. The monoisotopic (exact) mass is 268 g/mol. The zero-order valence-corrected chi connectivity index (χ0v) is 10.4. The van der Waals surface area contributed by atoms with Crippen molar-refractivity contribution in [3.8, 4) is 0 Å². The van der Waals surface area contributed by atoms with Crippen molar-refractivity contribution >= 4 is 17.6 Å². The molecule has 1 aromatic heterocycles. The number of ether oxygens (including phenoxy) is 2. The van der Waals surface area contributed by atoms with Crippen LogP contribution in [0, 0.1) is 0 Å². The SMILES string of the molecule is Nc1cnn(CC(=O)OCC(=O)N2CCOCC2)c1. The number of hydrogen-bond donors (Lipinski definition) is 1. The van der Waals surface area contributed by atoms with Gasteiger partial charge in [-0.1, -0.05) is 0 Å². The predicted octanol–water partition coefficient (Wildman–Crippen LogP) is -1.13. The van der Waals surface area contributed by atoms with Crippen LogP contribution in [0.4, 0.5) is 5.69 Å². The Bertz CT molecular complexity index is 453. The van der Waals surface area contributed by atoms with Crippen LogP contribution in [0.25, 0.3) is 0 Å². The standard InChI is InChI=1S/C11H16N4O4/c12-9-5-13-15(6-9)7-11(17)19-8-10(16)14-1-3-18-4-2-14/h5-6H,1-4,7-8,12H2. The molecule has 0 atom stereocenters. The lowest BCUT2D eigenvalue weighted by atomic mass is 10.4. The van der Waals surface area contributed by atoms with Crippen molar-refractivity contribution in [1.29, 1.82) is 0 Å². The number of rotatable bonds is 4. The van der Waals surface area contributed by atoms with Crippen LogP contribution in [-0.4, -0.2) is 59.5 Å². The van der Waals surface area contributed by atoms with Crippen LogP contribution in [0.15, 0.2) is 12.4 Å². The second-order valence-corrected chi connectivity index (χ2v) is 4.13. The minimum absolute atomic E-state index is 0.0619. The van der Waals surface area contributed by atoms with E-state index in [0.717, 1.165) is 0 Å². The molecule has 0 saturated carbocycles. The first kappa shape index (κ1) is 13.3. The Balaban J connectivity index is 1.72. The molecule has 0 unspecified atom stereocenters. The summed E-state index contributed by atoms with van der Waals surface area (Å²) in [5, 5.41) is 3.85. The van der Waals surface area contributed by atoms with Crippen molar-refractivity contribution in [2.24, 2.45) is 0 Å². The van der Waals surface area contributed by atoms with Crippen LogP contribution in [0.3, 0.4) is 0 Å². The van der Waals surface area contributed by atoms with Gasteiger partial charge in [0.2, 0.25) is 0 Å². The average Bonchev–Trinajstić information content (AvgIpc) is 2.82. The number of nitrogens with zero attached hydrogens (tertiary/aromatic N) is 3. The Morgan fingerprint density at radius 3 is 2.79 bits per heavy atom. The lowest BCUT2D eigenvalue weighted by Crippen LogP contribution is -2.42. The maximum absolute atomic E-state index is 11.7. The summed E-state index contributed by atoms with van der Waals surface area (Å²) in [6.07, 6.45) is 2.96. The molecule has 0 bridgehead atoms. The van der Waals surface area contributed by atoms with Crippen molar-refractivity contribution in [3.05, 3.63) is 12.4 Å². The van der Waals surface area contributed by atoms with Gasteiger partial charge in [0, 0.05) is 19.3 Å². The Morgan fingerprint density at radius 2 is 2.16 bits per heavy atom. The molecule has 8 nitrogen and oxygen atoms in total. The maximum Gasteiger partial charge on any atom is 0.328 e. The van der Waals surface area contributed by atoms with Gasteiger partial charge in [-0.3, -0.25) is 14.3 Å². The molecule has 2 heterocycles. The molecule has 19 heavy (non-hydrogen) atoms. The minimum atomic E-state index is -0.523. The molecule has 1 saturated heterocycles. The smallest absolute Gasteiger partial charge is 0.328 e. The van der Waals surface area contributed by atoms with E-state index in [-0.39, 0.29) is 19.1 Å². The summed E-state index contributed by atoms with van der Waals surface area (Å²) >= 11 is 0. The highest BCUT2D eigenvalue weighted by atomic mass is 16.5. The van der Waals surface area contributed by atoms with Gasteiger partial charge in [-0.25, -0.2) is 0 Å². The van der Waals surface area contributed by atoms with E-state index in [9.17, 15) is 9.59 Å². The molecule has 2 N–H and O–H groups in total. The van der Waals surface area contributed by atoms with Crippen LogP contribution in [0.2, 0.25) is 0 Å². The van der Waals surface area contributed by atoms with Gasteiger partial charge in [-0.05, 0) is 0 Å². The van der Waals surface area contributed by atoms with Gasteiger partial charge in [0.05, 0.1) is 25.1 Å². The molecule has 1 aliphatic heterocycles. The molecule has 1 aromatic rings. The fourth-order valence-corrected chi connectivity index (χ4v) is 1.69. The second-order valence-electron chi connectivity index (χ2n) is 4.13. The van der Waals surface area contributed by atoms with Crippen molar-refractivity contribution in [2.75, 3.05) is 38.6 Å². The highest BCUT2D eigenvalue weighted by Crippen LogP contribution is 2.00. The summed E-state index contributed by atoms with van der Waals surface area (Å²) in [5.41, 5.74) is 5.94. The third-order valence-corrected chi connectivity index (χ3v) is 2.66. The van der Waals surface area contributed by atoms with Gasteiger partial charge in [-0.15, -0.1) is 0 Å². The number of aromatic nitrogens is 2. The van der Waals surface area contributed by atoms with E-state index in [2.05, 4.69) is 5.10 Å². The number of anilines is 1. The molecule has 1 aliphatic rings. The number of hydrogen-bond acceptors (Lipinski definition) is 6. The van der Waals surface area contributed by atoms with Crippen molar-refractivity contribution < 1.29 is 19.1 Å². The van der Waals surface area contributed by atoms with Crippen LogP contribution >= 0.6 is 0 Å². The minimum Gasteiger partial charge on any atom is -0.454 e. The number of carbonyl (C=O) groups excluding carboxylic acids is 2. The number of nitrogens with two attached hydrogens (primary N) is 1. The lowest BCUT2D eigenvalue weighted by molar-refractivity contribution is -0.154. The number of amides is 1. The van der Waals surface area contributed by atoms with Crippen molar-refractivity contribution in [1.82, 2.24) is 14.7 Å². The number of esters is 1. The van der Waals surface area contributed by atoms with E-state index in [0.29, 0.717) is 32.0 Å². The Kier molecular flexibility index (Phi) is 4.35. The Hall–Kier alpha value is -2.09. The normalized spacial score (nSPS) is 15.3. The van der Waals surface area contributed by atoms with E-state index in [1.54, 1.807) is 4.90 Å². The second kappa shape index (κ2) is 6.19. The largest absolute Gasteiger partial charge is 0.454 e. The summed E-state index contributed by atoms with van der Waals surface area (Å²) in [6, 6.07) is 0. The van der Waals surface area contributed by atoms with Gasteiger partial charge >= 0.3 is 5.97 Å². The maximum atomic E-state index is 11.7. The van der Waals surface area contributed by atoms with Crippen LogP contribution in [0.1, 0.15) is 0 Å². The molecule has 8 heteroatoms. The van der Waals surface area contributed by atoms with Crippen molar-refractivity contribution in [3.63, 3.8) is 0 Å². The molecule has 0 radical (unpaired) electrons. The summed E-state index contributed by atoms with van der Waals surface area (Å²) < 4.78 is 11.4. The highest BCUT2D eigenvalue weighted by Gasteiger charge is 2.18. The van der Waals surface area contributed by atoms with Crippen LogP contribution < -0.4 is 5.73 Å². The van der Waals surface area contributed by atoms with Crippen LogP contribution in [0.5, 0.6) is 0 Å². The highest BCUT2D eigenvalue weighted by molar-refractivity contribution is 5.80. The Morgan fingerprint density at radius 1 is 1.42 bits per heavy atom. The van der Waals surface area contributed by atoms with E-state index in [4.69, 9.17) is 15.2 Å². The number of nitrogen functional groups attached to an aromatic ring is 1. The van der Waals surface area contributed by atoms with E-state index >= 15 is 0 Å². The topological polar surface area (TPSA) is 99.7 Å². The molecular formula is C11H16N4O4. The van der Waals surface area contributed by atoms with Crippen LogP contribution in [-0.2, 0) is 25.6 Å². The Labute approximate surface area is 110 Å².